The van der Waals surface area contributed by atoms with E-state index in [-0.39, 0.29) is 15.8 Å². The second-order valence-electron chi connectivity index (χ2n) is 7.31. The van der Waals surface area contributed by atoms with E-state index in [1.807, 2.05) is 17.5 Å². The van der Waals surface area contributed by atoms with E-state index >= 15 is 0 Å². The minimum atomic E-state index is -3.76. The zero-order chi connectivity index (χ0) is 21.8. The molecule has 0 saturated heterocycles. The van der Waals surface area contributed by atoms with Crippen molar-refractivity contribution < 1.29 is 16.8 Å². The van der Waals surface area contributed by atoms with Crippen molar-refractivity contribution in [1.29, 1.82) is 0 Å². The second kappa shape index (κ2) is 9.88. The maximum atomic E-state index is 13.3. The first-order chi connectivity index (χ1) is 14.3. The number of benzene rings is 1. The van der Waals surface area contributed by atoms with Gasteiger partial charge in [-0.05, 0) is 61.6 Å². The van der Waals surface area contributed by atoms with Crippen LogP contribution in [0.25, 0.3) is 0 Å². The number of rotatable bonds is 12. The van der Waals surface area contributed by atoms with E-state index in [1.54, 1.807) is 0 Å². The summed E-state index contributed by atoms with van der Waals surface area (Å²) in [5, 5.41) is 1.93. The molecule has 0 aliphatic heterocycles. The normalized spacial score (nSPS) is 15.2. The third kappa shape index (κ3) is 5.89. The van der Waals surface area contributed by atoms with E-state index in [2.05, 4.69) is 23.5 Å². The Morgan fingerprint density at radius 1 is 0.967 bits per heavy atom. The zero-order valence-electron chi connectivity index (χ0n) is 17.3. The number of likely N-dealkylation sites (N-methyl/N-ethyl adjacent to an activating group) is 1. The molecule has 3 rings (SSSR count). The van der Waals surface area contributed by atoms with Gasteiger partial charge in [-0.3, -0.25) is 0 Å². The van der Waals surface area contributed by atoms with Crippen molar-refractivity contribution in [3.8, 4) is 0 Å². The SMILES string of the molecule is CCN(CC)CCN(Cc1cccs1)S(=O)(=O)c1ccc(S(=O)(=O)NC2CC2)cc1. The Hall–Kier alpha value is -1.30. The molecule has 0 unspecified atom stereocenters. The third-order valence-corrected chi connectivity index (χ3v) is 9.40. The molecule has 0 spiro atoms. The molecule has 0 amide bonds. The van der Waals surface area contributed by atoms with Gasteiger partial charge in [0.1, 0.15) is 0 Å². The van der Waals surface area contributed by atoms with Crippen molar-refractivity contribution in [2.45, 2.75) is 49.1 Å². The molecule has 10 heteroatoms. The largest absolute Gasteiger partial charge is 0.303 e. The molecule has 1 aromatic carbocycles. The van der Waals surface area contributed by atoms with Crippen LogP contribution in [0.4, 0.5) is 0 Å². The molecule has 1 fully saturated rings. The van der Waals surface area contributed by atoms with Crippen LogP contribution in [-0.2, 0) is 26.6 Å². The zero-order valence-corrected chi connectivity index (χ0v) is 19.8. The van der Waals surface area contributed by atoms with Gasteiger partial charge in [0.05, 0.1) is 9.79 Å². The summed E-state index contributed by atoms with van der Waals surface area (Å²) in [6.07, 6.45) is 1.69. The minimum absolute atomic E-state index is 0.000210. The molecule has 1 aliphatic rings. The lowest BCUT2D eigenvalue weighted by molar-refractivity contribution is 0.269. The summed E-state index contributed by atoms with van der Waals surface area (Å²) in [6.45, 7) is 7.10. The van der Waals surface area contributed by atoms with Gasteiger partial charge >= 0.3 is 0 Å². The predicted molar refractivity (Wildman–Crippen MR) is 119 cm³/mol. The average molecular weight is 472 g/mol. The molecule has 0 bridgehead atoms. The molecule has 1 aromatic heterocycles. The molecule has 0 radical (unpaired) electrons. The maximum absolute atomic E-state index is 13.3. The van der Waals surface area contributed by atoms with Crippen molar-refractivity contribution in [3.63, 3.8) is 0 Å². The summed E-state index contributed by atoms with van der Waals surface area (Å²) in [6, 6.07) is 9.33. The van der Waals surface area contributed by atoms with Gasteiger partial charge in [-0.25, -0.2) is 21.6 Å². The van der Waals surface area contributed by atoms with Gasteiger partial charge in [-0.15, -0.1) is 11.3 Å². The highest BCUT2D eigenvalue weighted by molar-refractivity contribution is 7.89. The minimum Gasteiger partial charge on any atom is -0.303 e. The molecule has 2 aromatic rings. The first-order valence-electron chi connectivity index (χ1n) is 10.1. The highest BCUT2D eigenvalue weighted by atomic mass is 32.2. The molecule has 1 saturated carbocycles. The van der Waals surface area contributed by atoms with E-state index < -0.39 is 20.0 Å². The Kier molecular flexibility index (Phi) is 7.70. The van der Waals surface area contributed by atoms with Crippen LogP contribution in [0.5, 0.6) is 0 Å². The van der Waals surface area contributed by atoms with Crippen LogP contribution in [-0.4, -0.2) is 58.3 Å². The molecule has 7 nitrogen and oxygen atoms in total. The predicted octanol–water partition coefficient (Wildman–Crippen LogP) is 2.72. The van der Waals surface area contributed by atoms with Crippen LogP contribution in [0.3, 0.4) is 0 Å². The summed E-state index contributed by atoms with van der Waals surface area (Å²) in [4.78, 5) is 3.33. The van der Waals surface area contributed by atoms with Gasteiger partial charge in [0.25, 0.3) is 0 Å². The monoisotopic (exact) mass is 471 g/mol. The summed E-state index contributed by atoms with van der Waals surface area (Å²) in [5.74, 6) is 0. The number of nitrogens with one attached hydrogen (secondary N) is 1. The molecule has 1 N–H and O–H groups in total. The van der Waals surface area contributed by atoms with Gasteiger partial charge in [-0.2, -0.15) is 4.31 Å². The van der Waals surface area contributed by atoms with E-state index in [1.165, 1.54) is 39.9 Å². The molecule has 1 aliphatic carbocycles. The third-order valence-electron chi connectivity index (χ3n) is 5.14. The lowest BCUT2D eigenvalue weighted by Crippen LogP contribution is -2.38. The lowest BCUT2D eigenvalue weighted by Gasteiger charge is -2.25. The lowest BCUT2D eigenvalue weighted by atomic mass is 10.4. The summed E-state index contributed by atoms with van der Waals surface area (Å²) in [5.41, 5.74) is 0. The van der Waals surface area contributed by atoms with Crippen molar-refractivity contribution in [1.82, 2.24) is 13.9 Å². The maximum Gasteiger partial charge on any atom is 0.243 e. The Morgan fingerprint density at radius 3 is 2.13 bits per heavy atom. The van der Waals surface area contributed by atoms with E-state index in [9.17, 15) is 16.8 Å². The van der Waals surface area contributed by atoms with Gasteiger partial charge in [-0.1, -0.05) is 19.9 Å². The van der Waals surface area contributed by atoms with Gasteiger partial charge < -0.3 is 4.90 Å². The fourth-order valence-corrected chi connectivity index (χ4v) is 6.60. The number of nitrogens with zero attached hydrogens (tertiary/aromatic N) is 2. The Morgan fingerprint density at radius 2 is 1.60 bits per heavy atom. The molecule has 0 atom stereocenters. The van der Waals surface area contributed by atoms with Crippen LogP contribution in [0.1, 0.15) is 31.6 Å². The number of sulfonamides is 2. The molecule has 30 heavy (non-hydrogen) atoms. The van der Waals surface area contributed by atoms with Gasteiger partial charge in [0.15, 0.2) is 0 Å². The van der Waals surface area contributed by atoms with Crippen LogP contribution in [0.2, 0.25) is 0 Å². The van der Waals surface area contributed by atoms with Crippen LogP contribution >= 0.6 is 11.3 Å². The first-order valence-corrected chi connectivity index (χ1v) is 13.9. The highest BCUT2D eigenvalue weighted by Crippen LogP contribution is 2.24. The van der Waals surface area contributed by atoms with E-state index in [0.29, 0.717) is 19.6 Å². The number of thiophene rings is 1. The summed E-state index contributed by atoms with van der Waals surface area (Å²) < 4.78 is 55.5. The van der Waals surface area contributed by atoms with Crippen molar-refractivity contribution in [2.24, 2.45) is 0 Å². The van der Waals surface area contributed by atoms with Crippen LogP contribution < -0.4 is 4.72 Å². The van der Waals surface area contributed by atoms with E-state index in [4.69, 9.17) is 0 Å². The summed E-state index contributed by atoms with van der Waals surface area (Å²) in [7, 11) is -7.38. The fraction of sp³-hybridized carbons (Fsp3) is 0.500. The Labute approximate surface area is 183 Å². The average Bonchev–Trinajstić information content (AvgIpc) is 3.37. The van der Waals surface area contributed by atoms with Crippen LogP contribution in [0.15, 0.2) is 51.6 Å². The van der Waals surface area contributed by atoms with E-state index in [0.717, 1.165) is 30.8 Å². The molecular weight excluding hydrogens is 442 g/mol. The highest BCUT2D eigenvalue weighted by Gasteiger charge is 2.29. The fourth-order valence-electron chi connectivity index (χ4n) is 3.08. The Balaban J connectivity index is 1.81. The van der Waals surface area contributed by atoms with Crippen molar-refractivity contribution >= 4 is 31.4 Å². The Bertz CT molecular complexity index is 1010. The summed E-state index contributed by atoms with van der Waals surface area (Å²) >= 11 is 1.52. The molecule has 166 valence electrons. The topological polar surface area (TPSA) is 86.8 Å². The quantitative estimate of drug-likeness (QED) is 0.514. The molecule has 1 heterocycles. The first kappa shape index (κ1) is 23.4. The van der Waals surface area contributed by atoms with Crippen molar-refractivity contribution in [3.05, 3.63) is 46.7 Å². The van der Waals surface area contributed by atoms with Crippen molar-refractivity contribution in [2.75, 3.05) is 26.2 Å². The van der Waals surface area contributed by atoms with Gasteiger partial charge in [0.2, 0.25) is 20.0 Å². The van der Waals surface area contributed by atoms with Gasteiger partial charge in [0, 0.05) is 30.6 Å². The standard InChI is InChI=1S/C20H29N3O4S3/c1-3-22(4-2)13-14-23(16-18-6-5-15-28-18)30(26,27)20-11-9-19(10-12-20)29(24,25)21-17-7-8-17/h5-6,9-12,15,17,21H,3-4,7-8,13-14,16H2,1-2H3. The second-order valence-corrected chi connectivity index (χ2v) is 12.0. The number of hydrogen-bond donors (Lipinski definition) is 1. The number of hydrogen-bond acceptors (Lipinski definition) is 6. The van der Waals surface area contributed by atoms with Crippen LogP contribution in [0, 0.1) is 0 Å². The molecular formula is C20H29N3O4S3. The smallest absolute Gasteiger partial charge is 0.243 e.